The quantitative estimate of drug-likeness (QED) is 0.541. The van der Waals surface area contributed by atoms with Gasteiger partial charge in [0.2, 0.25) is 5.95 Å². The molecule has 0 fully saturated rings. The van der Waals surface area contributed by atoms with Gasteiger partial charge in [0.1, 0.15) is 22.9 Å². The molecule has 148 valence electrons. The Kier molecular flexibility index (Phi) is 4.45. The zero-order valence-electron chi connectivity index (χ0n) is 15.1. The second-order valence-electron chi connectivity index (χ2n) is 6.17. The Balaban J connectivity index is 1.95. The van der Waals surface area contributed by atoms with Gasteiger partial charge < -0.3 is 16.2 Å². The van der Waals surface area contributed by atoms with Crippen molar-refractivity contribution in [1.82, 2.24) is 19.5 Å². The number of hydrogen-bond donors (Lipinski definition) is 2. The zero-order valence-corrected chi connectivity index (χ0v) is 15.1. The number of anilines is 2. The molecule has 2 aromatic heterocycles. The molecule has 0 aliphatic heterocycles. The summed E-state index contributed by atoms with van der Waals surface area (Å²) in [6, 6.07) is 10.4. The van der Waals surface area contributed by atoms with Crippen molar-refractivity contribution in [3.8, 4) is 22.7 Å². The summed E-state index contributed by atoms with van der Waals surface area (Å²) < 4.78 is 45.0. The minimum Gasteiger partial charge on any atom is -0.435 e. The number of aromatic nitrogens is 4. The molecular weight excluding hydrogens is 385 g/mol. The Hall–Kier alpha value is -3.82. The van der Waals surface area contributed by atoms with Crippen LogP contribution in [0.3, 0.4) is 0 Å². The van der Waals surface area contributed by atoms with Gasteiger partial charge in [0.15, 0.2) is 11.6 Å². The first-order valence-corrected chi connectivity index (χ1v) is 8.47. The van der Waals surface area contributed by atoms with Crippen molar-refractivity contribution in [2.45, 2.75) is 13.5 Å². The highest BCUT2D eigenvalue weighted by atomic mass is 19.3. The van der Waals surface area contributed by atoms with Gasteiger partial charge >= 0.3 is 6.61 Å². The summed E-state index contributed by atoms with van der Waals surface area (Å²) in [6.07, 6.45) is 0. The number of alkyl halides is 2. The monoisotopic (exact) mass is 400 g/mol. The highest BCUT2D eigenvalue weighted by molar-refractivity contribution is 5.85. The van der Waals surface area contributed by atoms with E-state index < -0.39 is 12.4 Å². The number of fused-ring (bicyclic) bond motifs is 1. The molecule has 0 bridgehead atoms. The normalized spacial score (nSPS) is 11.3. The zero-order chi connectivity index (χ0) is 20.7. The van der Waals surface area contributed by atoms with E-state index in [1.165, 1.54) is 18.2 Å². The number of hydrogen-bond acceptors (Lipinski definition) is 6. The maximum atomic E-state index is 14.2. The summed E-state index contributed by atoms with van der Waals surface area (Å²) in [5, 5.41) is 0. The number of halogens is 3. The lowest BCUT2D eigenvalue weighted by atomic mass is 10.1. The van der Waals surface area contributed by atoms with Crippen molar-refractivity contribution >= 4 is 22.8 Å². The first kappa shape index (κ1) is 18.5. The largest absolute Gasteiger partial charge is 0.435 e. The number of para-hydroxylation sites is 1. The van der Waals surface area contributed by atoms with Crippen LogP contribution in [0.1, 0.15) is 5.82 Å². The van der Waals surface area contributed by atoms with E-state index in [4.69, 9.17) is 11.5 Å². The highest BCUT2D eigenvalue weighted by Crippen LogP contribution is 2.34. The van der Waals surface area contributed by atoms with E-state index >= 15 is 0 Å². The number of nitrogen functional groups attached to an aromatic ring is 2. The third kappa shape index (κ3) is 3.28. The maximum absolute atomic E-state index is 14.2. The number of nitrogens with zero attached hydrogens (tertiary/aromatic N) is 4. The molecule has 0 spiro atoms. The Morgan fingerprint density at radius 3 is 2.41 bits per heavy atom. The van der Waals surface area contributed by atoms with Crippen LogP contribution in [0.2, 0.25) is 0 Å². The Morgan fingerprint density at radius 2 is 1.72 bits per heavy atom. The lowest BCUT2D eigenvalue weighted by Crippen LogP contribution is -2.10. The molecule has 0 atom stereocenters. The number of nitrogens with two attached hydrogens (primary N) is 2. The molecule has 0 aliphatic carbocycles. The van der Waals surface area contributed by atoms with Crippen molar-refractivity contribution in [3.05, 3.63) is 54.1 Å². The number of ether oxygens (including phenoxy) is 1. The van der Waals surface area contributed by atoms with Gasteiger partial charge in [-0.3, -0.25) is 4.57 Å². The predicted molar refractivity (Wildman–Crippen MR) is 102 cm³/mol. The summed E-state index contributed by atoms with van der Waals surface area (Å²) in [4.78, 5) is 12.6. The second-order valence-corrected chi connectivity index (χ2v) is 6.17. The lowest BCUT2D eigenvalue weighted by molar-refractivity contribution is -0.0498. The number of imidazole rings is 1. The standard InChI is InChI=1S/C19H15F3N6O/c1-9-25-15-12(20)3-2-4-13(15)28(9)17-14(16(23)26-19(24)27-17)10-5-7-11(8-6-10)29-18(21)22/h2-8,18H,1H3,(H4,23,24,26,27). The van der Waals surface area contributed by atoms with Crippen LogP contribution in [-0.4, -0.2) is 26.1 Å². The molecule has 4 rings (SSSR count). The average molecular weight is 400 g/mol. The van der Waals surface area contributed by atoms with Crippen LogP contribution >= 0.6 is 0 Å². The van der Waals surface area contributed by atoms with E-state index in [0.717, 1.165) is 0 Å². The average Bonchev–Trinajstić information content (AvgIpc) is 2.99. The second kappa shape index (κ2) is 6.97. The lowest BCUT2D eigenvalue weighted by Gasteiger charge is -2.15. The molecule has 0 radical (unpaired) electrons. The van der Waals surface area contributed by atoms with Crippen LogP contribution in [-0.2, 0) is 0 Å². The van der Waals surface area contributed by atoms with E-state index in [9.17, 15) is 13.2 Å². The molecule has 10 heteroatoms. The maximum Gasteiger partial charge on any atom is 0.387 e. The van der Waals surface area contributed by atoms with Crippen LogP contribution in [0, 0.1) is 12.7 Å². The number of rotatable bonds is 4. The van der Waals surface area contributed by atoms with E-state index in [0.29, 0.717) is 28.3 Å². The van der Waals surface area contributed by atoms with Crippen molar-refractivity contribution < 1.29 is 17.9 Å². The smallest absolute Gasteiger partial charge is 0.387 e. The SMILES string of the molecule is Cc1nc2c(F)cccc2n1-c1nc(N)nc(N)c1-c1ccc(OC(F)F)cc1. The van der Waals surface area contributed by atoms with Gasteiger partial charge in [0.25, 0.3) is 0 Å². The molecule has 0 amide bonds. The third-order valence-electron chi connectivity index (χ3n) is 4.32. The predicted octanol–water partition coefficient (Wildman–Crippen LogP) is 3.70. The number of aryl methyl sites for hydroxylation is 1. The minimum atomic E-state index is -2.93. The highest BCUT2D eigenvalue weighted by Gasteiger charge is 2.20. The molecule has 0 aliphatic rings. The van der Waals surface area contributed by atoms with Crippen molar-refractivity contribution in [3.63, 3.8) is 0 Å². The van der Waals surface area contributed by atoms with E-state index in [-0.39, 0.29) is 23.0 Å². The Morgan fingerprint density at radius 1 is 1.00 bits per heavy atom. The van der Waals surface area contributed by atoms with Gasteiger partial charge in [-0.2, -0.15) is 18.7 Å². The molecule has 2 aromatic carbocycles. The van der Waals surface area contributed by atoms with Crippen LogP contribution < -0.4 is 16.2 Å². The van der Waals surface area contributed by atoms with E-state index in [1.807, 2.05) is 0 Å². The van der Waals surface area contributed by atoms with Crippen LogP contribution in [0.4, 0.5) is 24.9 Å². The Labute approximate surface area is 162 Å². The summed E-state index contributed by atoms with van der Waals surface area (Å²) in [6.45, 7) is -1.24. The van der Waals surface area contributed by atoms with Crippen molar-refractivity contribution in [1.29, 1.82) is 0 Å². The first-order chi connectivity index (χ1) is 13.8. The topological polar surface area (TPSA) is 105 Å². The third-order valence-corrected chi connectivity index (χ3v) is 4.32. The molecule has 0 saturated heterocycles. The molecule has 0 unspecified atom stereocenters. The fraction of sp³-hybridized carbons (Fsp3) is 0.105. The molecule has 0 saturated carbocycles. The van der Waals surface area contributed by atoms with Crippen molar-refractivity contribution in [2.75, 3.05) is 11.5 Å². The van der Waals surface area contributed by atoms with Gasteiger partial charge in [-0.15, -0.1) is 0 Å². The fourth-order valence-corrected chi connectivity index (χ4v) is 3.17. The number of benzene rings is 2. The van der Waals surface area contributed by atoms with Gasteiger partial charge in [0.05, 0.1) is 11.1 Å². The summed E-state index contributed by atoms with van der Waals surface area (Å²) in [5.41, 5.74) is 13.5. The van der Waals surface area contributed by atoms with Gasteiger partial charge in [0, 0.05) is 0 Å². The summed E-state index contributed by atoms with van der Waals surface area (Å²) in [7, 11) is 0. The molecule has 7 nitrogen and oxygen atoms in total. The minimum absolute atomic E-state index is 0.00781. The fourth-order valence-electron chi connectivity index (χ4n) is 3.17. The molecule has 29 heavy (non-hydrogen) atoms. The first-order valence-electron chi connectivity index (χ1n) is 8.47. The molecule has 4 N–H and O–H groups in total. The van der Waals surface area contributed by atoms with Crippen LogP contribution in [0.25, 0.3) is 28.0 Å². The van der Waals surface area contributed by atoms with E-state index in [1.54, 1.807) is 35.8 Å². The van der Waals surface area contributed by atoms with Crippen molar-refractivity contribution in [2.24, 2.45) is 0 Å². The van der Waals surface area contributed by atoms with E-state index in [2.05, 4.69) is 19.7 Å². The van der Waals surface area contributed by atoms with Gasteiger partial charge in [-0.1, -0.05) is 18.2 Å². The van der Waals surface area contributed by atoms with Gasteiger partial charge in [-0.25, -0.2) is 9.37 Å². The summed E-state index contributed by atoms with van der Waals surface area (Å²) >= 11 is 0. The van der Waals surface area contributed by atoms with Crippen LogP contribution in [0.5, 0.6) is 5.75 Å². The molecule has 2 heterocycles. The summed E-state index contributed by atoms with van der Waals surface area (Å²) in [5.74, 6) is 0.273. The Bertz CT molecular complexity index is 1210. The van der Waals surface area contributed by atoms with Gasteiger partial charge in [-0.05, 0) is 36.8 Å². The molecule has 4 aromatic rings. The van der Waals surface area contributed by atoms with Crippen LogP contribution in [0.15, 0.2) is 42.5 Å². The molecular formula is C19H15F3N6O.